The van der Waals surface area contributed by atoms with Gasteiger partial charge in [0.05, 0.1) is 34.7 Å². The zero-order chi connectivity index (χ0) is 13.6. The first-order valence-electron chi connectivity index (χ1n) is 5.79. The Morgan fingerprint density at radius 3 is 2.79 bits per heavy atom. The zero-order valence-electron chi connectivity index (χ0n) is 10.3. The number of hydrogen-bond acceptors (Lipinski definition) is 4. The summed E-state index contributed by atoms with van der Waals surface area (Å²) in [7, 11) is 0. The van der Waals surface area contributed by atoms with Gasteiger partial charge in [-0.1, -0.05) is 0 Å². The summed E-state index contributed by atoms with van der Waals surface area (Å²) in [5.41, 5.74) is 16.0. The quantitative estimate of drug-likeness (QED) is 0.455. The van der Waals surface area contributed by atoms with Crippen LogP contribution in [0.1, 0.15) is 17.0 Å². The van der Waals surface area contributed by atoms with Crippen LogP contribution in [0.4, 0.5) is 17.1 Å². The Bertz CT molecular complexity index is 714. The van der Waals surface area contributed by atoms with Crippen molar-refractivity contribution in [2.45, 2.75) is 6.92 Å². The molecule has 96 valence electrons. The van der Waals surface area contributed by atoms with Crippen LogP contribution in [0.5, 0.6) is 0 Å². The van der Waals surface area contributed by atoms with E-state index in [9.17, 15) is 4.79 Å². The predicted octanol–water partition coefficient (Wildman–Crippen LogP) is 1.38. The number of H-pyrrole nitrogens is 1. The number of carbonyl (C=O) groups is 1. The van der Waals surface area contributed by atoms with E-state index in [1.807, 2.05) is 6.92 Å². The van der Waals surface area contributed by atoms with Gasteiger partial charge in [-0.25, -0.2) is 4.98 Å². The fourth-order valence-corrected chi connectivity index (χ4v) is 2.12. The van der Waals surface area contributed by atoms with Crippen molar-refractivity contribution < 1.29 is 4.79 Å². The van der Waals surface area contributed by atoms with E-state index >= 15 is 0 Å². The number of carbonyl (C=O) groups excluding carboxylic acids is 1. The highest BCUT2D eigenvalue weighted by Gasteiger charge is 2.27. The molecular weight excluding hydrogens is 242 g/mol. The van der Waals surface area contributed by atoms with Crippen molar-refractivity contribution in [2.75, 3.05) is 16.8 Å². The highest BCUT2D eigenvalue weighted by atomic mass is 16.2. The summed E-state index contributed by atoms with van der Waals surface area (Å²) >= 11 is 0. The van der Waals surface area contributed by atoms with Gasteiger partial charge in [0, 0.05) is 11.3 Å². The van der Waals surface area contributed by atoms with Crippen molar-refractivity contribution in [1.82, 2.24) is 9.97 Å². The number of benzene rings is 1. The van der Waals surface area contributed by atoms with Crippen LogP contribution in [0.3, 0.4) is 0 Å². The molecule has 1 aromatic heterocycles. The van der Waals surface area contributed by atoms with E-state index in [-0.39, 0.29) is 5.91 Å². The highest BCUT2D eigenvalue weighted by molar-refractivity contribution is 6.36. The second kappa shape index (κ2) is 3.88. The molecular formula is C13H13N5O. The minimum Gasteiger partial charge on any atom is -0.397 e. The average molecular weight is 255 g/mol. The molecule has 6 nitrogen and oxygen atoms in total. The number of aromatic amines is 1. The molecule has 6 N–H and O–H groups in total. The second-order valence-electron chi connectivity index (χ2n) is 4.42. The lowest BCUT2D eigenvalue weighted by Gasteiger charge is -2.06. The Labute approximate surface area is 109 Å². The van der Waals surface area contributed by atoms with E-state index in [2.05, 4.69) is 15.3 Å². The van der Waals surface area contributed by atoms with E-state index in [0.717, 1.165) is 5.69 Å². The first kappa shape index (κ1) is 11.3. The molecule has 0 aliphatic carbocycles. The molecule has 0 atom stereocenters. The van der Waals surface area contributed by atoms with Gasteiger partial charge in [-0.2, -0.15) is 0 Å². The Balaban J connectivity index is 2.21. The van der Waals surface area contributed by atoms with Gasteiger partial charge in [0.25, 0.3) is 5.91 Å². The van der Waals surface area contributed by atoms with Gasteiger partial charge in [-0.3, -0.25) is 4.79 Å². The summed E-state index contributed by atoms with van der Waals surface area (Å²) < 4.78 is 0. The number of nitrogens with two attached hydrogens (primary N) is 2. The number of aryl methyl sites for hydroxylation is 1. The van der Waals surface area contributed by atoms with Crippen LogP contribution in [0, 0.1) is 6.92 Å². The number of hydrogen-bond donors (Lipinski definition) is 4. The SMILES string of the molecule is Cc1[nH]cnc1C=C1C(=O)Nc2ccc(N)c(N)c21. The van der Waals surface area contributed by atoms with Gasteiger partial charge in [0.15, 0.2) is 0 Å². The maximum atomic E-state index is 12.0. The molecule has 3 rings (SSSR count). The molecule has 1 aromatic carbocycles. The third-order valence-corrected chi connectivity index (χ3v) is 3.19. The molecule has 0 radical (unpaired) electrons. The molecule has 0 spiro atoms. The molecule has 2 aromatic rings. The van der Waals surface area contributed by atoms with Crippen LogP contribution in [-0.4, -0.2) is 15.9 Å². The van der Waals surface area contributed by atoms with Crippen molar-refractivity contribution in [1.29, 1.82) is 0 Å². The molecule has 2 heterocycles. The monoisotopic (exact) mass is 255 g/mol. The minimum absolute atomic E-state index is 0.199. The number of nitrogen functional groups attached to an aromatic ring is 2. The molecule has 1 aliphatic rings. The molecule has 0 bridgehead atoms. The smallest absolute Gasteiger partial charge is 0.256 e. The van der Waals surface area contributed by atoms with Crippen LogP contribution in [0.15, 0.2) is 18.5 Å². The Hall–Kier alpha value is -2.76. The maximum Gasteiger partial charge on any atom is 0.256 e. The van der Waals surface area contributed by atoms with Crippen molar-refractivity contribution in [3.8, 4) is 0 Å². The van der Waals surface area contributed by atoms with E-state index in [1.165, 1.54) is 0 Å². The summed E-state index contributed by atoms with van der Waals surface area (Å²) in [6.45, 7) is 1.88. The minimum atomic E-state index is -0.199. The molecule has 19 heavy (non-hydrogen) atoms. The number of rotatable bonds is 1. The van der Waals surface area contributed by atoms with E-state index < -0.39 is 0 Å². The topological polar surface area (TPSA) is 110 Å². The Morgan fingerprint density at radius 2 is 2.11 bits per heavy atom. The van der Waals surface area contributed by atoms with Gasteiger partial charge in [0.1, 0.15) is 0 Å². The first-order valence-corrected chi connectivity index (χ1v) is 5.79. The van der Waals surface area contributed by atoms with Crippen LogP contribution in [0.25, 0.3) is 11.6 Å². The second-order valence-corrected chi connectivity index (χ2v) is 4.42. The number of amides is 1. The number of anilines is 3. The van der Waals surface area contributed by atoms with Crippen LogP contribution in [-0.2, 0) is 4.79 Å². The van der Waals surface area contributed by atoms with Crippen molar-refractivity contribution in [3.63, 3.8) is 0 Å². The van der Waals surface area contributed by atoms with E-state index in [4.69, 9.17) is 11.5 Å². The van der Waals surface area contributed by atoms with Crippen LogP contribution < -0.4 is 16.8 Å². The largest absolute Gasteiger partial charge is 0.397 e. The standard InChI is InChI=1S/C13H13N5O/c1-6-10(17-5-16-6)4-7-11-9(18-13(7)19)3-2-8(14)12(11)15/h2-5H,14-15H2,1H3,(H,16,17)(H,18,19). The fourth-order valence-electron chi connectivity index (χ4n) is 2.12. The fraction of sp³-hybridized carbons (Fsp3) is 0.0769. The number of imidazole rings is 1. The third kappa shape index (κ3) is 1.65. The molecule has 1 aliphatic heterocycles. The third-order valence-electron chi connectivity index (χ3n) is 3.19. The Kier molecular flexibility index (Phi) is 2.31. The zero-order valence-corrected chi connectivity index (χ0v) is 10.3. The van der Waals surface area contributed by atoms with Crippen molar-refractivity contribution >= 4 is 34.6 Å². The lowest BCUT2D eigenvalue weighted by atomic mass is 10.0. The number of fused-ring (bicyclic) bond motifs is 1. The highest BCUT2D eigenvalue weighted by Crippen LogP contribution is 2.39. The Morgan fingerprint density at radius 1 is 1.32 bits per heavy atom. The number of nitrogens with zero attached hydrogens (tertiary/aromatic N) is 1. The van der Waals surface area contributed by atoms with Gasteiger partial charge < -0.3 is 21.8 Å². The summed E-state index contributed by atoms with van der Waals surface area (Å²) in [6.07, 6.45) is 3.29. The summed E-state index contributed by atoms with van der Waals surface area (Å²) in [5.74, 6) is -0.199. The predicted molar refractivity (Wildman–Crippen MR) is 75.1 cm³/mol. The average Bonchev–Trinajstić information content (AvgIpc) is 2.91. The van der Waals surface area contributed by atoms with Gasteiger partial charge in [0.2, 0.25) is 0 Å². The van der Waals surface area contributed by atoms with E-state index in [1.54, 1.807) is 24.5 Å². The molecule has 0 saturated heterocycles. The summed E-state index contributed by atoms with van der Waals surface area (Å²) in [4.78, 5) is 19.1. The van der Waals surface area contributed by atoms with Crippen molar-refractivity contribution in [3.05, 3.63) is 35.4 Å². The van der Waals surface area contributed by atoms with Gasteiger partial charge in [-0.15, -0.1) is 0 Å². The van der Waals surface area contributed by atoms with E-state index in [0.29, 0.717) is 33.9 Å². The molecule has 6 heteroatoms. The van der Waals surface area contributed by atoms with Gasteiger partial charge in [-0.05, 0) is 25.1 Å². The summed E-state index contributed by atoms with van der Waals surface area (Å²) in [5, 5.41) is 2.77. The molecule has 0 saturated carbocycles. The van der Waals surface area contributed by atoms with Crippen LogP contribution >= 0.6 is 0 Å². The number of aromatic nitrogens is 2. The molecule has 1 amide bonds. The van der Waals surface area contributed by atoms with Crippen LogP contribution in [0.2, 0.25) is 0 Å². The maximum absolute atomic E-state index is 12.0. The lowest BCUT2D eigenvalue weighted by molar-refractivity contribution is -0.110. The summed E-state index contributed by atoms with van der Waals surface area (Å²) in [6, 6.07) is 3.42. The normalized spacial score (nSPS) is 15.6. The number of nitrogens with one attached hydrogen (secondary N) is 2. The lowest BCUT2D eigenvalue weighted by Crippen LogP contribution is -2.03. The molecule has 0 fully saturated rings. The van der Waals surface area contributed by atoms with Gasteiger partial charge >= 0.3 is 0 Å². The first-order chi connectivity index (χ1) is 9.08. The van der Waals surface area contributed by atoms with Crippen molar-refractivity contribution in [2.24, 2.45) is 0 Å². The molecule has 0 unspecified atom stereocenters.